The molecule has 5 heterocycles. The van der Waals surface area contributed by atoms with E-state index in [1.165, 1.54) is 17.1 Å². The van der Waals surface area contributed by atoms with Crippen LogP contribution in [-0.2, 0) is 16.1 Å². The van der Waals surface area contributed by atoms with Crippen molar-refractivity contribution in [2.75, 3.05) is 13.1 Å². The molecule has 0 saturated carbocycles. The molecular formula is C34H31Cl2N9O3. The van der Waals surface area contributed by atoms with Crippen LogP contribution in [0, 0.1) is 12.8 Å². The number of aryl methyl sites for hydroxylation is 1. The lowest BCUT2D eigenvalue weighted by molar-refractivity contribution is -0.134. The normalized spacial score (nSPS) is 17.7. The predicted molar refractivity (Wildman–Crippen MR) is 181 cm³/mol. The molecule has 0 spiro atoms. The number of aromatic nitrogens is 7. The summed E-state index contributed by atoms with van der Waals surface area (Å²) in [7, 11) is 0. The van der Waals surface area contributed by atoms with Gasteiger partial charge in [-0.3, -0.25) is 14.4 Å². The molecule has 3 atom stereocenters. The number of carbonyl (C=O) groups is 2. The highest BCUT2D eigenvalue weighted by atomic mass is 35.5. The van der Waals surface area contributed by atoms with Crippen LogP contribution < -0.4 is 10.9 Å². The first-order chi connectivity index (χ1) is 23.2. The molecule has 14 heteroatoms. The summed E-state index contributed by atoms with van der Waals surface area (Å²) >= 11 is 12.9. The van der Waals surface area contributed by atoms with Crippen molar-refractivity contribution in [3.05, 3.63) is 116 Å². The number of benzene rings is 2. The number of amides is 2. The van der Waals surface area contributed by atoms with Crippen molar-refractivity contribution in [2.24, 2.45) is 5.92 Å². The molecular weight excluding hydrogens is 653 g/mol. The fourth-order valence-corrected chi connectivity index (χ4v) is 7.01. The minimum Gasteiger partial charge on any atom is -0.342 e. The van der Waals surface area contributed by atoms with Crippen molar-refractivity contribution in [1.82, 2.24) is 45.0 Å². The van der Waals surface area contributed by atoms with Gasteiger partial charge in [-0.15, -0.1) is 5.10 Å². The van der Waals surface area contributed by atoms with Crippen molar-refractivity contribution in [3.63, 3.8) is 0 Å². The number of tetrazole rings is 1. The second-order valence-electron chi connectivity index (χ2n) is 12.2. The first-order valence-corrected chi connectivity index (χ1v) is 16.3. The highest BCUT2D eigenvalue weighted by Crippen LogP contribution is 2.36. The molecule has 3 aromatic heterocycles. The lowest BCUT2D eigenvalue weighted by Gasteiger charge is -2.43. The van der Waals surface area contributed by atoms with E-state index in [2.05, 4.69) is 25.8 Å². The molecule has 48 heavy (non-hydrogen) atoms. The SMILES string of the molecule is Cc1ccc(-c2nc([C@H](CC(=O)N3C[C@H]4C[C@@H](C3)c3cccc(=O)n3C4)NC(=O)/C=C/c3cc(Cl)ccc3-n3cnnn3)[nH]c2Cl)cc1. The molecule has 0 radical (unpaired) electrons. The van der Waals surface area contributed by atoms with Crippen molar-refractivity contribution < 1.29 is 9.59 Å². The van der Waals surface area contributed by atoms with E-state index in [0.29, 0.717) is 52.6 Å². The Bertz CT molecular complexity index is 2070. The molecule has 7 rings (SSSR count). The van der Waals surface area contributed by atoms with E-state index in [4.69, 9.17) is 28.2 Å². The molecule has 0 unspecified atom stereocenters. The van der Waals surface area contributed by atoms with Crippen LogP contribution in [0.2, 0.25) is 10.2 Å². The standard InChI is InChI=1S/C34H31Cl2N9O3/c1-20-5-7-22(8-6-20)32-33(36)40-34(39-32)26(38-29(46)12-9-23-14-25(35)10-11-28(23)45-19-37-41-42-45)15-31(48)43-16-21-13-24(18-43)27-3-2-4-30(47)44(27)17-21/h2-12,14,19,21,24,26H,13,15-18H2,1H3,(H,38,46)(H,39,40)/b12-9+/t21-,24+,26+/m1/s1. The molecule has 1 fully saturated rings. The Hall–Kier alpha value is -5.07. The van der Waals surface area contributed by atoms with E-state index < -0.39 is 11.9 Å². The molecule has 2 aromatic carbocycles. The molecule has 2 aliphatic heterocycles. The van der Waals surface area contributed by atoms with Gasteiger partial charge in [-0.2, -0.15) is 4.68 Å². The van der Waals surface area contributed by atoms with Gasteiger partial charge < -0.3 is 19.8 Å². The van der Waals surface area contributed by atoms with Gasteiger partial charge in [0.2, 0.25) is 11.8 Å². The summed E-state index contributed by atoms with van der Waals surface area (Å²) in [4.78, 5) is 49.6. The monoisotopic (exact) mass is 683 g/mol. The Balaban J connectivity index is 1.15. The van der Waals surface area contributed by atoms with Crippen LogP contribution in [0.25, 0.3) is 23.0 Å². The topological polar surface area (TPSA) is 144 Å². The number of aromatic amines is 1. The van der Waals surface area contributed by atoms with Crippen LogP contribution in [0.4, 0.5) is 0 Å². The number of piperidine rings is 1. The third kappa shape index (κ3) is 6.54. The largest absolute Gasteiger partial charge is 0.342 e. The van der Waals surface area contributed by atoms with Gasteiger partial charge in [-0.1, -0.05) is 59.1 Å². The molecule has 0 aliphatic carbocycles. The van der Waals surface area contributed by atoms with E-state index in [1.54, 1.807) is 36.4 Å². The summed E-state index contributed by atoms with van der Waals surface area (Å²) in [6, 6.07) is 17.4. The Morgan fingerprint density at radius 2 is 1.92 bits per heavy atom. The molecule has 1 saturated heterocycles. The summed E-state index contributed by atoms with van der Waals surface area (Å²) in [6.45, 7) is 3.58. The third-order valence-electron chi connectivity index (χ3n) is 8.86. The van der Waals surface area contributed by atoms with Crippen molar-refractivity contribution >= 4 is 41.1 Å². The first kappa shape index (κ1) is 31.5. The zero-order valence-electron chi connectivity index (χ0n) is 25.9. The number of hydrogen-bond acceptors (Lipinski definition) is 7. The van der Waals surface area contributed by atoms with Gasteiger partial charge in [0.1, 0.15) is 23.0 Å². The highest BCUT2D eigenvalue weighted by molar-refractivity contribution is 6.32. The Morgan fingerprint density at radius 3 is 2.71 bits per heavy atom. The number of hydrogen-bond donors (Lipinski definition) is 2. The van der Waals surface area contributed by atoms with Gasteiger partial charge in [-0.25, -0.2) is 4.98 Å². The summed E-state index contributed by atoms with van der Waals surface area (Å²) in [6.07, 6.45) is 5.28. The van der Waals surface area contributed by atoms with Gasteiger partial charge in [0.25, 0.3) is 5.56 Å². The van der Waals surface area contributed by atoms with Crippen LogP contribution >= 0.6 is 23.2 Å². The van der Waals surface area contributed by atoms with Crippen LogP contribution in [0.15, 0.2) is 77.9 Å². The number of likely N-dealkylation sites (tertiary alicyclic amines) is 1. The van der Waals surface area contributed by atoms with Crippen LogP contribution in [0.1, 0.15) is 47.4 Å². The summed E-state index contributed by atoms with van der Waals surface area (Å²) in [5.74, 6) is -0.00865. The summed E-state index contributed by atoms with van der Waals surface area (Å²) in [5, 5.41) is 15.1. The van der Waals surface area contributed by atoms with Gasteiger partial charge in [-0.05, 0) is 60.0 Å². The van der Waals surface area contributed by atoms with E-state index in [0.717, 1.165) is 23.2 Å². The van der Waals surface area contributed by atoms with Crippen molar-refractivity contribution in [3.8, 4) is 16.9 Å². The van der Waals surface area contributed by atoms with Gasteiger partial charge in [0.15, 0.2) is 0 Å². The number of H-pyrrole nitrogens is 1. The Kier molecular flexibility index (Phi) is 8.67. The molecule has 2 amide bonds. The van der Waals surface area contributed by atoms with Crippen LogP contribution in [0.5, 0.6) is 0 Å². The smallest absolute Gasteiger partial charge is 0.250 e. The summed E-state index contributed by atoms with van der Waals surface area (Å²) in [5.41, 5.74) is 4.59. The fraction of sp³-hybridized carbons (Fsp3) is 0.265. The zero-order chi connectivity index (χ0) is 33.4. The average Bonchev–Trinajstić information content (AvgIpc) is 3.75. The number of imidazole rings is 1. The number of halogens is 2. The van der Waals surface area contributed by atoms with Crippen molar-refractivity contribution in [2.45, 2.75) is 38.3 Å². The lowest BCUT2D eigenvalue weighted by atomic mass is 9.83. The maximum Gasteiger partial charge on any atom is 0.250 e. The first-order valence-electron chi connectivity index (χ1n) is 15.5. The number of pyridine rings is 1. The highest BCUT2D eigenvalue weighted by Gasteiger charge is 2.37. The van der Waals surface area contributed by atoms with Crippen LogP contribution in [0.3, 0.4) is 0 Å². The number of nitrogens with one attached hydrogen (secondary N) is 2. The Labute approximate surface area is 285 Å². The lowest BCUT2D eigenvalue weighted by Crippen LogP contribution is -2.49. The van der Waals surface area contributed by atoms with Gasteiger partial charge in [0, 0.05) is 59.5 Å². The number of nitrogens with zero attached hydrogens (tertiary/aromatic N) is 7. The molecule has 244 valence electrons. The number of carbonyl (C=O) groups excluding carboxylic acids is 2. The van der Waals surface area contributed by atoms with E-state index in [-0.39, 0.29) is 29.7 Å². The average molecular weight is 685 g/mol. The molecule has 2 N–H and O–H groups in total. The minimum atomic E-state index is -0.818. The van der Waals surface area contributed by atoms with Gasteiger partial charge >= 0.3 is 0 Å². The van der Waals surface area contributed by atoms with E-state index in [9.17, 15) is 14.4 Å². The molecule has 5 aromatic rings. The second-order valence-corrected chi connectivity index (χ2v) is 13.0. The zero-order valence-corrected chi connectivity index (χ0v) is 27.4. The maximum absolute atomic E-state index is 13.9. The predicted octanol–water partition coefficient (Wildman–Crippen LogP) is 4.74. The maximum atomic E-state index is 13.9. The Morgan fingerprint density at radius 1 is 1.08 bits per heavy atom. The van der Waals surface area contributed by atoms with E-state index >= 15 is 0 Å². The summed E-state index contributed by atoms with van der Waals surface area (Å²) < 4.78 is 3.30. The molecule has 2 bridgehead atoms. The second kappa shape index (κ2) is 13.2. The fourth-order valence-electron chi connectivity index (χ4n) is 6.58. The number of rotatable bonds is 8. The van der Waals surface area contributed by atoms with Crippen molar-refractivity contribution in [1.29, 1.82) is 0 Å². The van der Waals surface area contributed by atoms with E-state index in [1.807, 2.05) is 46.7 Å². The van der Waals surface area contributed by atoms with Crippen LogP contribution in [-0.4, -0.2) is 64.5 Å². The molecule has 12 nitrogen and oxygen atoms in total. The number of fused-ring (bicyclic) bond motifs is 4. The molecule has 2 aliphatic rings. The quantitative estimate of drug-likeness (QED) is 0.225. The van der Waals surface area contributed by atoms with Gasteiger partial charge in [0.05, 0.1) is 18.2 Å². The minimum absolute atomic E-state index is 0.0141. The third-order valence-corrected chi connectivity index (χ3v) is 9.37.